The third-order valence-electron chi connectivity index (χ3n) is 2.53. The molecule has 0 aliphatic heterocycles. The lowest BCUT2D eigenvalue weighted by Crippen LogP contribution is -2.42. The molecule has 0 heterocycles. The second-order valence-electron chi connectivity index (χ2n) is 3.91. The summed E-state index contributed by atoms with van der Waals surface area (Å²) in [5.41, 5.74) is 12.3. The number of rotatable bonds is 5. The van der Waals surface area contributed by atoms with Crippen LogP contribution in [0.15, 0.2) is 24.3 Å². The first-order chi connectivity index (χ1) is 8.52. The summed E-state index contributed by atoms with van der Waals surface area (Å²) in [5, 5.41) is 2.03. The molecule has 6 nitrogen and oxygen atoms in total. The van der Waals surface area contributed by atoms with Crippen molar-refractivity contribution in [3.8, 4) is 0 Å². The molecule has 0 radical (unpaired) electrons. The number of hydrogen-bond donors (Lipinski definition) is 3. The lowest BCUT2D eigenvalue weighted by molar-refractivity contribution is -0.121. The molecule has 0 bridgehead atoms. The highest BCUT2D eigenvalue weighted by atomic mass is 16.2. The van der Waals surface area contributed by atoms with Crippen molar-refractivity contribution < 1.29 is 9.59 Å². The van der Waals surface area contributed by atoms with Gasteiger partial charge in [0, 0.05) is 12.2 Å². The number of anilines is 1. The largest absolute Gasteiger partial charge is 0.398 e. The summed E-state index contributed by atoms with van der Waals surface area (Å²) in [6.45, 7) is 3.25. The van der Waals surface area contributed by atoms with E-state index in [-0.39, 0.29) is 6.54 Å². The molecule has 1 rings (SSSR count). The third kappa shape index (κ3) is 4.42. The number of primary amides is 1. The number of nitrogens with zero attached hydrogens (tertiary/aromatic N) is 1. The van der Waals surface area contributed by atoms with Gasteiger partial charge in [0.05, 0.1) is 6.54 Å². The number of nitrogen functional groups attached to an aromatic ring is 1. The number of nitrogens with two attached hydrogens (primary N) is 2. The number of likely N-dealkylation sites (N-methyl/N-ethyl adjacent to an activating group) is 1. The van der Waals surface area contributed by atoms with Gasteiger partial charge in [-0.15, -0.1) is 0 Å². The standard InChI is InChI=1S/C12H18N4O2/c1-2-16(8-11(17)15-12(14)18)7-9-5-3-4-6-10(9)13/h3-6H,2,7-8,13H2,1H3,(H3,14,15,17,18). The summed E-state index contributed by atoms with van der Waals surface area (Å²) < 4.78 is 0. The summed E-state index contributed by atoms with van der Waals surface area (Å²) in [6, 6.07) is 6.63. The van der Waals surface area contributed by atoms with Crippen LogP contribution in [0.5, 0.6) is 0 Å². The summed E-state index contributed by atoms with van der Waals surface area (Å²) in [7, 11) is 0. The minimum Gasteiger partial charge on any atom is -0.398 e. The summed E-state index contributed by atoms with van der Waals surface area (Å²) in [4.78, 5) is 23.8. The monoisotopic (exact) mass is 250 g/mol. The predicted molar refractivity (Wildman–Crippen MR) is 69.5 cm³/mol. The van der Waals surface area contributed by atoms with Gasteiger partial charge >= 0.3 is 6.03 Å². The van der Waals surface area contributed by atoms with Crippen LogP contribution in [0.3, 0.4) is 0 Å². The molecule has 6 heteroatoms. The molecule has 98 valence electrons. The second-order valence-corrected chi connectivity index (χ2v) is 3.91. The van der Waals surface area contributed by atoms with E-state index in [1.54, 1.807) is 0 Å². The van der Waals surface area contributed by atoms with Crippen LogP contribution in [-0.4, -0.2) is 29.9 Å². The van der Waals surface area contributed by atoms with E-state index in [1.807, 2.05) is 41.4 Å². The van der Waals surface area contributed by atoms with Gasteiger partial charge in [-0.25, -0.2) is 4.79 Å². The topological polar surface area (TPSA) is 101 Å². The maximum absolute atomic E-state index is 11.4. The van der Waals surface area contributed by atoms with Crippen molar-refractivity contribution in [3.05, 3.63) is 29.8 Å². The Bertz CT molecular complexity index is 434. The molecular formula is C12H18N4O2. The fourth-order valence-electron chi connectivity index (χ4n) is 1.58. The van der Waals surface area contributed by atoms with E-state index >= 15 is 0 Å². The Morgan fingerprint density at radius 3 is 2.56 bits per heavy atom. The summed E-state index contributed by atoms with van der Waals surface area (Å²) in [6.07, 6.45) is 0. The quantitative estimate of drug-likeness (QED) is 0.653. The molecule has 18 heavy (non-hydrogen) atoms. The molecule has 3 amide bonds. The van der Waals surface area contributed by atoms with Crippen LogP contribution in [0, 0.1) is 0 Å². The Balaban J connectivity index is 2.60. The van der Waals surface area contributed by atoms with Gasteiger partial charge in [-0.05, 0) is 18.2 Å². The fraction of sp³-hybridized carbons (Fsp3) is 0.333. The first kappa shape index (κ1) is 14.0. The SMILES string of the molecule is CCN(CC(=O)NC(N)=O)Cc1ccccc1N. The highest BCUT2D eigenvalue weighted by molar-refractivity contribution is 5.94. The van der Waals surface area contributed by atoms with Crippen LogP contribution in [0.1, 0.15) is 12.5 Å². The Kier molecular flexibility index (Phi) is 5.13. The lowest BCUT2D eigenvalue weighted by Gasteiger charge is -2.20. The number of para-hydroxylation sites is 1. The van der Waals surface area contributed by atoms with Crippen molar-refractivity contribution >= 4 is 17.6 Å². The van der Waals surface area contributed by atoms with Gasteiger partial charge in [0.2, 0.25) is 5.91 Å². The van der Waals surface area contributed by atoms with Crippen molar-refractivity contribution in [1.29, 1.82) is 0 Å². The molecule has 0 aliphatic rings. The molecule has 0 fully saturated rings. The molecule has 0 aliphatic carbocycles. The number of carbonyl (C=O) groups is 2. The smallest absolute Gasteiger partial charge is 0.318 e. The van der Waals surface area contributed by atoms with E-state index in [2.05, 4.69) is 0 Å². The molecule has 1 aromatic rings. The van der Waals surface area contributed by atoms with Crippen molar-refractivity contribution in [2.24, 2.45) is 5.73 Å². The van der Waals surface area contributed by atoms with Crippen molar-refractivity contribution in [3.63, 3.8) is 0 Å². The van der Waals surface area contributed by atoms with Crippen LogP contribution in [0.2, 0.25) is 0 Å². The number of nitrogens with one attached hydrogen (secondary N) is 1. The zero-order valence-electron chi connectivity index (χ0n) is 10.3. The molecule has 0 aromatic heterocycles. The second kappa shape index (κ2) is 6.61. The predicted octanol–water partition coefficient (Wildman–Crippen LogP) is 0.286. The van der Waals surface area contributed by atoms with E-state index in [1.165, 1.54) is 0 Å². The number of urea groups is 1. The molecule has 0 unspecified atom stereocenters. The highest BCUT2D eigenvalue weighted by Gasteiger charge is 2.11. The van der Waals surface area contributed by atoms with Crippen molar-refractivity contribution in [1.82, 2.24) is 10.2 Å². The van der Waals surface area contributed by atoms with E-state index < -0.39 is 11.9 Å². The highest BCUT2D eigenvalue weighted by Crippen LogP contribution is 2.12. The van der Waals surface area contributed by atoms with Crippen LogP contribution in [-0.2, 0) is 11.3 Å². The van der Waals surface area contributed by atoms with Crippen LogP contribution in [0.25, 0.3) is 0 Å². The average molecular weight is 250 g/mol. The summed E-state index contributed by atoms with van der Waals surface area (Å²) in [5.74, 6) is -0.418. The minimum atomic E-state index is -0.838. The Morgan fingerprint density at radius 2 is 2.00 bits per heavy atom. The lowest BCUT2D eigenvalue weighted by atomic mass is 10.1. The zero-order valence-corrected chi connectivity index (χ0v) is 10.3. The first-order valence-electron chi connectivity index (χ1n) is 5.68. The third-order valence-corrected chi connectivity index (χ3v) is 2.53. The average Bonchev–Trinajstić information content (AvgIpc) is 2.30. The normalized spacial score (nSPS) is 10.3. The molecule has 1 aromatic carbocycles. The molecule has 5 N–H and O–H groups in total. The van der Waals surface area contributed by atoms with E-state index in [9.17, 15) is 9.59 Å². The Hall–Kier alpha value is -2.08. The number of benzene rings is 1. The van der Waals surface area contributed by atoms with Gasteiger partial charge in [0.1, 0.15) is 0 Å². The number of amides is 3. The van der Waals surface area contributed by atoms with Crippen LogP contribution >= 0.6 is 0 Å². The maximum atomic E-state index is 11.4. The van der Waals surface area contributed by atoms with Crippen molar-refractivity contribution in [2.75, 3.05) is 18.8 Å². The maximum Gasteiger partial charge on any atom is 0.318 e. The van der Waals surface area contributed by atoms with Gasteiger partial charge in [-0.1, -0.05) is 25.1 Å². The zero-order chi connectivity index (χ0) is 13.5. The van der Waals surface area contributed by atoms with Crippen molar-refractivity contribution in [2.45, 2.75) is 13.5 Å². The molecule has 0 atom stereocenters. The summed E-state index contributed by atoms with van der Waals surface area (Å²) >= 11 is 0. The van der Waals surface area contributed by atoms with Gasteiger partial charge in [-0.3, -0.25) is 15.0 Å². The fourth-order valence-corrected chi connectivity index (χ4v) is 1.58. The molecule has 0 saturated carbocycles. The van der Waals surface area contributed by atoms with Gasteiger partial charge < -0.3 is 11.5 Å². The first-order valence-corrected chi connectivity index (χ1v) is 5.68. The molecular weight excluding hydrogens is 232 g/mol. The van der Waals surface area contributed by atoms with Crippen LogP contribution < -0.4 is 16.8 Å². The van der Waals surface area contributed by atoms with Crippen LogP contribution in [0.4, 0.5) is 10.5 Å². The van der Waals surface area contributed by atoms with E-state index in [0.29, 0.717) is 18.8 Å². The minimum absolute atomic E-state index is 0.105. The molecule has 0 spiro atoms. The Labute approximate surface area is 106 Å². The van der Waals surface area contributed by atoms with E-state index in [4.69, 9.17) is 11.5 Å². The number of carbonyl (C=O) groups excluding carboxylic acids is 2. The van der Waals surface area contributed by atoms with Gasteiger partial charge in [0.15, 0.2) is 0 Å². The van der Waals surface area contributed by atoms with E-state index in [0.717, 1.165) is 5.56 Å². The number of imide groups is 1. The van der Waals surface area contributed by atoms with Gasteiger partial charge in [0.25, 0.3) is 0 Å². The van der Waals surface area contributed by atoms with Gasteiger partial charge in [-0.2, -0.15) is 0 Å². The Morgan fingerprint density at radius 1 is 1.33 bits per heavy atom. The molecule has 0 saturated heterocycles. The number of hydrogen-bond acceptors (Lipinski definition) is 4.